The molecule has 3 aromatic rings. The maximum atomic E-state index is 12.5. The molecule has 1 N–H and O–H groups in total. The number of esters is 1. The van der Waals surface area contributed by atoms with Crippen LogP contribution in [-0.2, 0) is 9.53 Å². The van der Waals surface area contributed by atoms with Crippen LogP contribution in [0.5, 0.6) is 11.5 Å². The molecule has 8 heteroatoms. The summed E-state index contributed by atoms with van der Waals surface area (Å²) in [6, 6.07) is 25.1. The molecule has 0 amide bonds. The number of nitrogens with one attached hydrogen (secondary N) is 1. The van der Waals surface area contributed by atoms with E-state index in [-0.39, 0.29) is 34.8 Å². The number of fused-ring (bicyclic) bond motifs is 3. The zero-order chi connectivity index (χ0) is 27.0. The molecule has 6 rings (SSSR count). The van der Waals surface area contributed by atoms with Gasteiger partial charge in [0.1, 0.15) is 24.6 Å². The van der Waals surface area contributed by atoms with Crippen LogP contribution in [0.2, 0.25) is 0 Å². The molecule has 0 radical (unpaired) electrons. The van der Waals surface area contributed by atoms with Crippen molar-refractivity contribution in [2.75, 3.05) is 45.7 Å². The fourth-order valence-corrected chi connectivity index (χ4v) is 5.40. The predicted molar refractivity (Wildman–Crippen MR) is 148 cm³/mol. The molecule has 39 heavy (non-hydrogen) atoms. The number of methoxy groups -OCH3 is 2. The van der Waals surface area contributed by atoms with E-state index < -0.39 is 0 Å². The molecular formula is C31H37BrN2O5. The lowest BCUT2D eigenvalue weighted by Gasteiger charge is -2.51. The highest BCUT2D eigenvalue weighted by Crippen LogP contribution is 2.36. The van der Waals surface area contributed by atoms with Crippen molar-refractivity contribution in [2.45, 2.75) is 25.9 Å². The number of piperidine rings is 3. The number of para-hydroxylation sites is 1. The van der Waals surface area contributed by atoms with E-state index in [0.717, 1.165) is 65.4 Å². The largest absolute Gasteiger partial charge is 1.00 e. The van der Waals surface area contributed by atoms with Crippen LogP contribution in [0.4, 0.5) is 11.4 Å². The Morgan fingerprint density at radius 2 is 1.54 bits per heavy atom. The Bertz CT molecular complexity index is 1210. The topological polar surface area (TPSA) is 73.9 Å². The Labute approximate surface area is 241 Å². The van der Waals surface area contributed by atoms with E-state index >= 15 is 0 Å². The van der Waals surface area contributed by atoms with Gasteiger partial charge in [0.25, 0.3) is 0 Å². The summed E-state index contributed by atoms with van der Waals surface area (Å²) in [4.78, 5) is 23.7. The minimum absolute atomic E-state index is 0. The third-order valence-electron chi connectivity index (χ3n) is 7.39. The number of halogens is 1. The molecule has 3 aliphatic heterocycles. The summed E-state index contributed by atoms with van der Waals surface area (Å²) in [7, 11) is 3.30. The van der Waals surface area contributed by atoms with Gasteiger partial charge in [-0.05, 0) is 24.3 Å². The summed E-state index contributed by atoms with van der Waals surface area (Å²) in [5, 5.41) is 3.29. The second kappa shape index (κ2) is 14.1. The third-order valence-corrected chi connectivity index (χ3v) is 7.39. The first-order valence-corrected chi connectivity index (χ1v) is 13.1. The average Bonchev–Trinajstić information content (AvgIpc) is 2.94. The fraction of sp³-hybridized carbons (Fsp3) is 0.355. The number of hydrogen-bond donors (Lipinski definition) is 1. The van der Waals surface area contributed by atoms with Crippen molar-refractivity contribution in [1.82, 2.24) is 0 Å². The maximum Gasteiger partial charge on any atom is 0.303 e. The number of hydrogen-bond acceptors (Lipinski definition) is 6. The summed E-state index contributed by atoms with van der Waals surface area (Å²) < 4.78 is 16.7. The van der Waals surface area contributed by atoms with Gasteiger partial charge in [0.05, 0.1) is 33.0 Å². The van der Waals surface area contributed by atoms with Crippen molar-refractivity contribution in [3.8, 4) is 11.5 Å². The van der Waals surface area contributed by atoms with Crippen LogP contribution < -0.4 is 31.8 Å². The van der Waals surface area contributed by atoms with Crippen molar-refractivity contribution < 1.29 is 45.3 Å². The lowest BCUT2D eigenvalue weighted by atomic mass is 9.83. The number of Topliss-reactive ketones (excluding diaryl/α,β-unsaturated/α-hetero) is 1. The van der Waals surface area contributed by atoms with Crippen molar-refractivity contribution in [1.29, 1.82) is 0 Å². The first-order chi connectivity index (χ1) is 18.4. The first kappa shape index (κ1) is 30.2. The number of benzene rings is 3. The molecule has 3 saturated heterocycles. The van der Waals surface area contributed by atoms with Gasteiger partial charge in [-0.15, -0.1) is 0 Å². The highest BCUT2D eigenvalue weighted by molar-refractivity contribution is 5.97. The summed E-state index contributed by atoms with van der Waals surface area (Å²) in [6.45, 7) is 4.84. The van der Waals surface area contributed by atoms with Gasteiger partial charge in [0, 0.05) is 43.0 Å². The maximum absolute atomic E-state index is 12.5. The Balaban J connectivity index is 0.000000215. The number of anilines is 2. The molecule has 7 nitrogen and oxygen atoms in total. The second-order valence-corrected chi connectivity index (χ2v) is 9.96. The van der Waals surface area contributed by atoms with Crippen molar-refractivity contribution >= 4 is 23.1 Å². The molecule has 1 unspecified atom stereocenters. The number of ketones is 1. The van der Waals surface area contributed by atoms with Crippen LogP contribution >= 0.6 is 0 Å². The number of ether oxygens (including phenoxy) is 3. The lowest BCUT2D eigenvalue weighted by Crippen LogP contribution is -3.00. The van der Waals surface area contributed by atoms with Crippen LogP contribution in [0.15, 0.2) is 78.9 Å². The van der Waals surface area contributed by atoms with Gasteiger partial charge in [-0.2, -0.15) is 0 Å². The quantitative estimate of drug-likeness (QED) is 0.245. The SMILES string of the molecule is CC(=O)OC1C[N+]2(CC(=O)c3ccccc3)CCC1CC2.COc1ccc(OC)c(Nc2ccccc2)c1.[Br-]. The van der Waals surface area contributed by atoms with Gasteiger partial charge in [-0.3, -0.25) is 9.59 Å². The Hall–Kier alpha value is -3.36. The Morgan fingerprint density at radius 1 is 0.897 bits per heavy atom. The van der Waals surface area contributed by atoms with Gasteiger partial charge >= 0.3 is 5.97 Å². The molecule has 0 saturated carbocycles. The molecule has 3 aliphatic rings. The van der Waals surface area contributed by atoms with Gasteiger partial charge in [0.2, 0.25) is 5.78 Å². The van der Waals surface area contributed by atoms with E-state index in [1.807, 2.05) is 78.9 Å². The number of rotatable bonds is 8. The summed E-state index contributed by atoms with van der Waals surface area (Å²) >= 11 is 0. The van der Waals surface area contributed by atoms with Gasteiger partial charge in [-0.1, -0.05) is 48.5 Å². The molecule has 3 fully saturated rings. The molecule has 0 spiro atoms. The summed E-state index contributed by atoms with van der Waals surface area (Å²) in [5.41, 5.74) is 2.68. The molecule has 3 aromatic carbocycles. The van der Waals surface area contributed by atoms with Crippen molar-refractivity contribution in [2.24, 2.45) is 5.92 Å². The minimum atomic E-state index is -0.207. The lowest BCUT2D eigenvalue weighted by molar-refractivity contribution is -0.938. The monoisotopic (exact) mass is 596 g/mol. The molecule has 2 bridgehead atoms. The van der Waals surface area contributed by atoms with E-state index in [9.17, 15) is 9.59 Å². The molecular weight excluding hydrogens is 560 g/mol. The molecule has 3 heterocycles. The Morgan fingerprint density at radius 3 is 2.13 bits per heavy atom. The van der Waals surface area contributed by atoms with Gasteiger partial charge < -0.3 is 41.0 Å². The second-order valence-electron chi connectivity index (χ2n) is 9.96. The summed E-state index contributed by atoms with van der Waals surface area (Å²) in [5.74, 6) is 2.05. The highest BCUT2D eigenvalue weighted by atomic mass is 79.9. The minimum Gasteiger partial charge on any atom is -1.00 e. The normalized spacial score (nSPS) is 20.9. The van der Waals surface area contributed by atoms with Crippen LogP contribution in [-0.4, -0.2) is 62.7 Å². The molecule has 208 valence electrons. The van der Waals surface area contributed by atoms with Crippen LogP contribution in [0.25, 0.3) is 0 Å². The zero-order valence-corrected chi connectivity index (χ0v) is 24.4. The number of carbonyl (C=O) groups is 2. The smallest absolute Gasteiger partial charge is 0.303 e. The van der Waals surface area contributed by atoms with E-state index in [1.165, 1.54) is 6.92 Å². The van der Waals surface area contributed by atoms with Gasteiger partial charge in [0.15, 0.2) is 6.10 Å². The molecule has 1 atom stereocenters. The van der Waals surface area contributed by atoms with E-state index in [1.54, 1.807) is 14.2 Å². The number of quaternary nitrogens is 1. The summed E-state index contributed by atoms with van der Waals surface area (Å²) in [6.07, 6.45) is 2.11. The Kier molecular flexibility index (Phi) is 10.9. The van der Waals surface area contributed by atoms with Crippen LogP contribution in [0.1, 0.15) is 30.1 Å². The fourth-order valence-electron chi connectivity index (χ4n) is 5.40. The number of carbonyl (C=O) groups excluding carboxylic acids is 2. The average molecular weight is 598 g/mol. The standard InChI is InChI=1S/C17H22NO3.C14H15NO2.BrH/c1-13(19)21-17-12-18(9-7-15(17)8-10-18)11-16(20)14-5-3-2-4-6-14;1-16-12-8-9-14(17-2)13(10-12)15-11-6-4-3-5-7-11;/h2-6,15,17H,7-12H2,1H3;3-10,15H,1-2H3;1H/q+1;;/p-1. The molecule has 0 aromatic heterocycles. The third kappa shape index (κ3) is 8.07. The number of nitrogens with zero attached hydrogens (tertiary/aromatic N) is 1. The van der Waals surface area contributed by atoms with Gasteiger partial charge in [-0.25, -0.2) is 0 Å². The van der Waals surface area contributed by atoms with E-state index in [4.69, 9.17) is 14.2 Å². The van der Waals surface area contributed by atoms with Crippen LogP contribution in [0.3, 0.4) is 0 Å². The first-order valence-electron chi connectivity index (χ1n) is 13.1. The zero-order valence-electron chi connectivity index (χ0n) is 22.8. The molecule has 0 aliphatic carbocycles. The van der Waals surface area contributed by atoms with E-state index in [0.29, 0.717) is 12.5 Å². The van der Waals surface area contributed by atoms with Crippen molar-refractivity contribution in [3.63, 3.8) is 0 Å². The predicted octanol–water partition coefficient (Wildman–Crippen LogP) is 2.49. The van der Waals surface area contributed by atoms with E-state index in [2.05, 4.69) is 5.32 Å². The van der Waals surface area contributed by atoms with Crippen molar-refractivity contribution in [3.05, 3.63) is 84.4 Å². The van der Waals surface area contributed by atoms with Crippen LogP contribution in [0, 0.1) is 5.92 Å². The highest BCUT2D eigenvalue weighted by Gasteiger charge is 2.48.